The summed E-state index contributed by atoms with van der Waals surface area (Å²) in [4.78, 5) is 11.1. The van der Waals surface area contributed by atoms with Gasteiger partial charge in [0.25, 0.3) is 0 Å². The normalized spacial score (nSPS) is 19.1. The third-order valence-corrected chi connectivity index (χ3v) is 4.44. The smallest absolute Gasteiger partial charge is 0.335 e. The van der Waals surface area contributed by atoms with Gasteiger partial charge in [0.1, 0.15) is 11.4 Å². The Morgan fingerprint density at radius 3 is 2.64 bits per heavy atom. The van der Waals surface area contributed by atoms with Gasteiger partial charge in [-0.25, -0.2) is 4.79 Å². The molecule has 1 aromatic carbocycles. The molecule has 1 heterocycles. The Morgan fingerprint density at radius 2 is 1.96 bits per heavy atom. The Bertz CT molecular complexity index is 721. The summed E-state index contributed by atoms with van der Waals surface area (Å²) in [6, 6.07) is 5.00. The van der Waals surface area contributed by atoms with Gasteiger partial charge in [-0.2, -0.15) is 0 Å². The molecule has 0 fully saturated rings. The van der Waals surface area contributed by atoms with Gasteiger partial charge in [0.2, 0.25) is 0 Å². The second-order valence-electron chi connectivity index (χ2n) is 7.22. The molecule has 0 saturated carbocycles. The highest BCUT2D eigenvalue weighted by molar-refractivity contribution is 5.89. The molecular weight excluding hydrogens is 312 g/mol. The predicted molar refractivity (Wildman–Crippen MR) is 103 cm³/mol. The number of allylic oxidation sites excluding steroid dienone is 4. The van der Waals surface area contributed by atoms with Crippen LogP contribution in [0.15, 0.2) is 47.6 Å². The summed E-state index contributed by atoms with van der Waals surface area (Å²) in [5.41, 5.74) is 3.53. The quantitative estimate of drug-likeness (QED) is 0.617. The van der Waals surface area contributed by atoms with E-state index < -0.39 is 5.97 Å². The zero-order chi connectivity index (χ0) is 18.4. The Hall–Kier alpha value is -2.29. The van der Waals surface area contributed by atoms with Crippen LogP contribution in [0.25, 0.3) is 6.08 Å². The van der Waals surface area contributed by atoms with Crippen LogP contribution in [-0.2, 0) is 0 Å². The van der Waals surface area contributed by atoms with Crippen LogP contribution < -0.4 is 4.74 Å². The molecule has 3 heteroatoms. The summed E-state index contributed by atoms with van der Waals surface area (Å²) in [5, 5.41) is 9.07. The van der Waals surface area contributed by atoms with Crippen molar-refractivity contribution in [3.8, 4) is 5.75 Å². The van der Waals surface area contributed by atoms with Gasteiger partial charge in [-0.1, -0.05) is 29.4 Å². The van der Waals surface area contributed by atoms with Crippen molar-refractivity contribution in [3.63, 3.8) is 0 Å². The zero-order valence-corrected chi connectivity index (χ0v) is 15.6. The molecule has 0 bridgehead atoms. The molecule has 1 N–H and O–H groups in total. The molecule has 0 saturated heterocycles. The largest absolute Gasteiger partial charge is 0.483 e. The van der Waals surface area contributed by atoms with Crippen molar-refractivity contribution < 1.29 is 14.6 Å². The maximum Gasteiger partial charge on any atom is 0.335 e. The van der Waals surface area contributed by atoms with Crippen molar-refractivity contribution in [2.75, 3.05) is 0 Å². The van der Waals surface area contributed by atoms with Crippen molar-refractivity contribution in [2.24, 2.45) is 0 Å². The van der Waals surface area contributed by atoms with Crippen LogP contribution in [-0.4, -0.2) is 16.7 Å². The second kappa shape index (κ2) is 8.19. The highest BCUT2D eigenvalue weighted by atomic mass is 16.5. The molecule has 0 amide bonds. The van der Waals surface area contributed by atoms with E-state index in [0.29, 0.717) is 0 Å². The van der Waals surface area contributed by atoms with E-state index in [2.05, 4.69) is 39.8 Å². The van der Waals surface area contributed by atoms with Gasteiger partial charge in [0, 0.05) is 5.56 Å². The van der Waals surface area contributed by atoms with Crippen LogP contribution >= 0.6 is 0 Å². The molecule has 2 rings (SSSR count). The van der Waals surface area contributed by atoms with Crippen molar-refractivity contribution in [1.29, 1.82) is 0 Å². The lowest BCUT2D eigenvalue weighted by Crippen LogP contribution is -2.31. The van der Waals surface area contributed by atoms with E-state index in [1.54, 1.807) is 18.2 Å². The van der Waals surface area contributed by atoms with E-state index in [4.69, 9.17) is 9.84 Å². The van der Waals surface area contributed by atoms with Gasteiger partial charge in [-0.05, 0) is 77.7 Å². The first-order chi connectivity index (χ1) is 11.8. The summed E-state index contributed by atoms with van der Waals surface area (Å²) < 4.78 is 6.13. The summed E-state index contributed by atoms with van der Waals surface area (Å²) in [5.74, 6) is -0.169. The number of carboxylic acids is 1. The first-order valence-corrected chi connectivity index (χ1v) is 8.84. The Balaban J connectivity index is 1.94. The highest BCUT2D eigenvalue weighted by Gasteiger charge is 2.27. The molecule has 0 spiro atoms. The van der Waals surface area contributed by atoms with Gasteiger partial charge < -0.3 is 9.84 Å². The molecular formula is C22H28O3. The van der Waals surface area contributed by atoms with E-state index in [0.717, 1.165) is 37.0 Å². The van der Waals surface area contributed by atoms with E-state index in [-0.39, 0.29) is 11.2 Å². The minimum atomic E-state index is -0.918. The summed E-state index contributed by atoms with van der Waals surface area (Å²) in [7, 11) is 0. The Labute approximate surface area is 150 Å². The van der Waals surface area contributed by atoms with Crippen LogP contribution in [0.3, 0.4) is 0 Å². The molecule has 0 radical (unpaired) electrons. The monoisotopic (exact) mass is 340 g/mol. The van der Waals surface area contributed by atoms with Crippen LogP contribution in [0.5, 0.6) is 5.75 Å². The first kappa shape index (κ1) is 19.0. The predicted octanol–water partition coefficient (Wildman–Crippen LogP) is 6.02. The standard InChI is InChI=1S/C22H28O3/c1-16(2)7-5-8-17(3)9-6-13-22(4)14-12-18-15-19(21(23)24)10-11-20(18)25-22/h7,9-12,14-15H,5-6,8,13H2,1-4H3,(H,23,24)/b17-9+. The number of carboxylic acid groups (broad SMARTS) is 1. The van der Waals surface area contributed by atoms with Crippen molar-refractivity contribution >= 4 is 12.0 Å². The zero-order valence-electron chi connectivity index (χ0n) is 15.6. The van der Waals surface area contributed by atoms with Crippen LogP contribution in [0.1, 0.15) is 69.3 Å². The number of carbonyl (C=O) groups is 1. The Morgan fingerprint density at radius 1 is 1.20 bits per heavy atom. The van der Waals surface area contributed by atoms with Crippen LogP contribution in [0.4, 0.5) is 0 Å². The summed E-state index contributed by atoms with van der Waals surface area (Å²) in [6.07, 6.45) is 12.6. The van der Waals surface area contributed by atoms with Gasteiger partial charge in [0.15, 0.2) is 0 Å². The van der Waals surface area contributed by atoms with Gasteiger partial charge in [-0.3, -0.25) is 0 Å². The lowest BCUT2D eigenvalue weighted by molar-refractivity contribution is 0.0696. The van der Waals surface area contributed by atoms with E-state index in [1.165, 1.54) is 11.1 Å². The maximum atomic E-state index is 11.1. The summed E-state index contributed by atoms with van der Waals surface area (Å²) >= 11 is 0. The SMILES string of the molecule is CC(C)=CCC/C(C)=C/CCC1(C)C=Cc2cc(C(=O)O)ccc2O1. The minimum Gasteiger partial charge on any atom is -0.483 e. The molecule has 3 nitrogen and oxygen atoms in total. The lowest BCUT2D eigenvalue weighted by Gasteiger charge is -2.31. The molecule has 1 aliphatic heterocycles. The van der Waals surface area contributed by atoms with E-state index in [1.807, 2.05) is 12.2 Å². The fourth-order valence-electron chi connectivity index (χ4n) is 2.89. The Kier molecular flexibility index (Phi) is 6.24. The highest BCUT2D eigenvalue weighted by Crippen LogP contribution is 2.34. The van der Waals surface area contributed by atoms with Gasteiger partial charge >= 0.3 is 5.97 Å². The number of rotatable bonds is 7. The average molecular weight is 340 g/mol. The van der Waals surface area contributed by atoms with Crippen LogP contribution in [0.2, 0.25) is 0 Å². The molecule has 134 valence electrons. The van der Waals surface area contributed by atoms with Gasteiger partial charge in [0.05, 0.1) is 5.56 Å². The summed E-state index contributed by atoms with van der Waals surface area (Å²) in [6.45, 7) is 8.51. The minimum absolute atomic E-state index is 0.283. The fourth-order valence-corrected chi connectivity index (χ4v) is 2.89. The van der Waals surface area contributed by atoms with E-state index in [9.17, 15) is 4.79 Å². The molecule has 0 aromatic heterocycles. The number of benzene rings is 1. The molecule has 25 heavy (non-hydrogen) atoms. The number of ether oxygens (including phenoxy) is 1. The van der Waals surface area contributed by atoms with Crippen molar-refractivity contribution in [3.05, 3.63) is 58.7 Å². The first-order valence-electron chi connectivity index (χ1n) is 8.84. The lowest BCUT2D eigenvalue weighted by atomic mass is 9.94. The maximum absolute atomic E-state index is 11.1. The van der Waals surface area contributed by atoms with E-state index >= 15 is 0 Å². The van der Waals surface area contributed by atoms with Crippen LogP contribution in [0, 0.1) is 0 Å². The van der Waals surface area contributed by atoms with Gasteiger partial charge in [-0.15, -0.1) is 0 Å². The number of hydrogen-bond donors (Lipinski definition) is 1. The number of hydrogen-bond acceptors (Lipinski definition) is 2. The molecule has 0 aliphatic carbocycles. The second-order valence-corrected chi connectivity index (χ2v) is 7.22. The van der Waals surface area contributed by atoms with Crippen molar-refractivity contribution in [2.45, 2.75) is 59.0 Å². The topological polar surface area (TPSA) is 46.5 Å². The number of fused-ring (bicyclic) bond motifs is 1. The average Bonchev–Trinajstić information content (AvgIpc) is 2.53. The third-order valence-electron chi connectivity index (χ3n) is 4.44. The molecule has 1 atom stereocenters. The molecule has 1 aromatic rings. The fraction of sp³-hybridized carbons (Fsp3) is 0.409. The third kappa shape index (κ3) is 5.63. The molecule has 1 aliphatic rings. The number of aromatic carboxylic acids is 1. The van der Waals surface area contributed by atoms with Crippen molar-refractivity contribution in [1.82, 2.24) is 0 Å². The molecule has 1 unspecified atom stereocenters.